The number of nitrogens with zero attached hydrogens (tertiary/aromatic N) is 2. The average Bonchev–Trinajstić information content (AvgIpc) is 3.14. The van der Waals surface area contributed by atoms with Gasteiger partial charge in [-0.3, -0.25) is 9.59 Å². The van der Waals surface area contributed by atoms with Crippen LogP contribution in [-0.4, -0.2) is 77.7 Å². The molecule has 0 saturated carbocycles. The van der Waals surface area contributed by atoms with Gasteiger partial charge in [0.25, 0.3) is 12.4 Å². The maximum absolute atomic E-state index is 12.7. The van der Waals surface area contributed by atoms with Gasteiger partial charge in [-0.15, -0.1) is 0 Å². The maximum Gasteiger partial charge on any atom is 0.315 e. The van der Waals surface area contributed by atoms with Crippen molar-refractivity contribution in [1.82, 2.24) is 20.4 Å². The van der Waals surface area contributed by atoms with E-state index in [2.05, 4.69) is 21.6 Å². The molecule has 2 aromatic carbocycles. The Morgan fingerprint density at radius 1 is 1.19 bits per heavy atom. The van der Waals surface area contributed by atoms with Crippen LogP contribution in [-0.2, 0) is 17.9 Å². The Labute approximate surface area is 186 Å². The van der Waals surface area contributed by atoms with E-state index in [0.29, 0.717) is 25.2 Å². The summed E-state index contributed by atoms with van der Waals surface area (Å²) in [6.07, 6.45) is 0. The van der Waals surface area contributed by atoms with Crippen LogP contribution in [0.4, 0.5) is 4.79 Å². The third kappa shape index (κ3) is 5.06. The molecule has 1 spiro atoms. The topological polar surface area (TPSA) is 122 Å². The van der Waals surface area contributed by atoms with Gasteiger partial charge in [0.2, 0.25) is 0 Å². The SMILES string of the molecule is CN(C)Cc1ccc(-c2ccc(C(=O)N3CC4(CNC(=O)N4)C3)cc2)c(CO)c1.O=CO. The molecule has 4 rings (SSSR count). The van der Waals surface area contributed by atoms with E-state index in [1.807, 2.05) is 50.5 Å². The second kappa shape index (κ2) is 9.80. The molecule has 2 aliphatic heterocycles. The summed E-state index contributed by atoms with van der Waals surface area (Å²) in [6, 6.07) is 13.4. The molecule has 0 aliphatic carbocycles. The van der Waals surface area contributed by atoms with Gasteiger partial charge < -0.3 is 30.6 Å². The third-order valence-corrected chi connectivity index (χ3v) is 5.52. The van der Waals surface area contributed by atoms with Crippen LogP contribution in [0.3, 0.4) is 0 Å². The minimum Gasteiger partial charge on any atom is -0.483 e. The van der Waals surface area contributed by atoms with E-state index in [-0.39, 0.29) is 30.6 Å². The van der Waals surface area contributed by atoms with Gasteiger partial charge in [0.1, 0.15) is 0 Å². The molecular formula is C23H28N4O5. The Balaban J connectivity index is 0.000000913. The van der Waals surface area contributed by atoms with Crippen LogP contribution in [0.25, 0.3) is 11.1 Å². The summed E-state index contributed by atoms with van der Waals surface area (Å²) in [4.78, 5) is 36.3. The van der Waals surface area contributed by atoms with Crippen molar-refractivity contribution in [3.63, 3.8) is 0 Å². The van der Waals surface area contributed by atoms with Gasteiger partial charge in [-0.05, 0) is 48.5 Å². The Kier molecular flexibility index (Phi) is 7.12. The Hall–Kier alpha value is -3.43. The zero-order valence-electron chi connectivity index (χ0n) is 18.2. The van der Waals surface area contributed by atoms with Crippen LogP contribution in [0.2, 0.25) is 0 Å². The van der Waals surface area contributed by atoms with E-state index < -0.39 is 0 Å². The number of urea groups is 1. The number of likely N-dealkylation sites (tertiary alicyclic amines) is 1. The predicted octanol–water partition coefficient (Wildman–Crippen LogP) is 1.12. The van der Waals surface area contributed by atoms with Crippen LogP contribution in [0.15, 0.2) is 42.5 Å². The molecule has 3 amide bonds. The third-order valence-electron chi connectivity index (χ3n) is 5.52. The number of carbonyl (C=O) groups excluding carboxylic acids is 2. The van der Waals surface area contributed by atoms with Crippen LogP contribution in [0, 0.1) is 0 Å². The van der Waals surface area contributed by atoms with Crippen molar-refractivity contribution >= 4 is 18.4 Å². The van der Waals surface area contributed by atoms with Crippen LogP contribution >= 0.6 is 0 Å². The highest BCUT2D eigenvalue weighted by Crippen LogP contribution is 2.28. The van der Waals surface area contributed by atoms with E-state index >= 15 is 0 Å². The number of aliphatic hydroxyl groups is 1. The molecule has 0 bridgehead atoms. The quantitative estimate of drug-likeness (QED) is 0.517. The van der Waals surface area contributed by atoms with Gasteiger partial charge in [-0.1, -0.05) is 30.3 Å². The Morgan fingerprint density at radius 2 is 1.84 bits per heavy atom. The second-order valence-electron chi connectivity index (χ2n) is 8.32. The second-order valence-corrected chi connectivity index (χ2v) is 8.32. The first-order valence-electron chi connectivity index (χ1n) is 10.2. The number of nitrogens with one attached hydrogen (secondary N) is 2. The lowest BCUT2D eigenvalue weighted by Gasteiger charge is -2.46. The van der Waals surface area contributed by atoms with Crippen molar-refractivity contribution < 1.29 is 24.6 Å². The fourth-order valence-corrected chi connectivity index (χ4v) is 4.10. The van der Waals surface area contributed by atoms with E-state index in [9.17, 15) is 14.7 Å². The summed E-state index contributed by atoms with van der Waals surface area (Å²) < 4.78 is 0. The normalized spacial score (nSPS) is 16.0. The first-order valence-corrected chi connectivity index (χ1v) is 10.2. The van der Waals surface area contributed by atoms with Gasteiger partial charge in [-0.2, -0.15) is 0 Å². The molecule has 170 valence electrons. The van der Waals surface area contributed by atoms with E-state index in [1.165, 1.54) is 0 Å². The van der Waals surface area contributed by atoms with Gasteiger partial charge in [0, 0.05) is 31.7 Å². The van der Waals surface area contributed by atoms with Crippen molar-refractivity contribution in [3.05, 3.63) is 59.2 Å². The molecule has 2 aliphatic rings. The molecule has 32 heavy (non-hydrogen) atoms. The molecule has 2 heterocycles. The first-order chi connectivity index (χ1) is 15.3. The molecule has 2 aromatic rings. The highest BCUT2D eigenvalue weighted by Gasteiger charge is 2.49. The lowest BCUT2D eigenvalue weighted by Crippen LogP contribution is -2.70. The molecule has 4 N–H and O–H groups in total. The van der Waals surface area contributed by atoms with E-state index in [0.717, 1.165) is 28.8 Å². The largest absolute Gasteiger partial charge is 0.483 e. The number of carbonyl (C=O) groups is 3. The number of hydrogen-bond acceptors (Lipinski definition) is 5. The van der Waals surface area contributed by atoms with Crippen molar-refractivity contribution in [2.24, 2.45) is 0 Å². The summed E-state index contributed by atoms with van der Waals surface area (Å²) in [5.74, 6) is -0.0352. The zero-order chi connectivity index (χ0) is 23.3. The number of aliphatic hydroxyl groups excluding tert-OH is 1. The molecule has 9 heteroatoms. The molecular weight excluding hydrogens is 412 g/mol. The minimum absolute atomic E-state index is 0.0348. The van der Waals surface area contributed by atoms with Gasteiger partial charge in [0.15, 0.2) is 0 Å². The van der Waals surface area contributed by atoms with Crippen LogP contribution in [0.1, 0.15) is 21.5 Å². The number of amides is 3. The molecule has 0 aromatic heterocycles. The van der Waals surface area contributed by atoms with Gasteiger partial charge in [-0.25, -0.2) is 4.79 Å². The van der Waals surface area contributed by atoms with Crippen LogP contribution < -0.4 is 10.6 Å². The summed E-state index contributed by atoms with van der Waals surface area (Å²) in [5.41, 5.74) is 4.27. The van der Waals surface area contributed by atoms with E-state index in [1.54, 1.807) is 4.90 Å². The van der Waals surface area contributed by atoms with Crippen molar-refractivity contribution in [3.8, 4) is 11.1 Å². The zero-order valence-corrected chi connectivity index (χ0v) is 18.2. The lowest BCUT2D eigenvalue weighted by molar-refractivity contribution is -0.122. The average molecular weight is 441 g/mol. The number of carboxylic acid groups (broad SMARTS) is 1. The molecule has 0 unspecified atom stereocenters. The van der Waals surface area contributed by atoms with Gasteiger partial charge in [0.05, 0.1) is 12.1 Å². The monoisotopic (exact) mass is 440 g/mol. The molecule has 9 nitrogen and oxygen atoms in total. The Bertz CT molecular complexity index is 984. The standard InChI is InChI=1S/C22H26N4O3.CH2O2/c1-25(2)10-15-3-8-19(18(9-15)11-27)16-4-6-17(7-5-16)20(28)26-13-22(14-26)12-23-21(29)24-22;2-1-3/h3-9,27H,10-14H2,1-2H3,(H2,23,24,29);1H,(H,2,3). The highest BCUT2D eigenvalue weighted by atomic mass is 16.3. The fraction of sp³-hybridized carbons (Fsp3) is 0.348. The van der Waals surface area contributed by atoms with Crippen molar-refractivity contribution in [1.29, 1.82) is 0 Å². The maximum atomic E-state index is 12.7. The summed E-state index contributed by atoms with van der Waals surface area (Å²) in [6.45, 7) is 2.13. The van der Waals surface area contributed by atoms with Gasteiger partial charge >= 0.3 is 6.03 Å². The fourth-order valence-electron chi connectivity index (χ4n) is 4.10. The summed E-state index contributed by atoms with van der Waals surface area (Å²) in [5, 5.41) is 22.3. The first kappa shape index (κ1) is 23.2. The lowest BCUT2D eigenvalue weighted by atomic mass is 9.90. The minimum atomic E-state index is -0.309. The molecule has 0 radical (unpaired) electrons. The molecule has 2 saturated heterocycles. The molecule has 2 fully saturated rings. The van der Waals surface area contributed by atoms with Crippen molar-refractivity contribution in [2.45, 2.75) is 18.7 Å². The van der Waals surface area contributed by atoms with Crippen molar-refractivity contribution in [2.75, 3.05) is 33.7 Å². The number of hydrogen-bond donors (Lipinski definition) is 4. The number of rotatable bonds is 5. The molecule has 0 atom stereocenters. The highest BCUT2D eigenvalue weighted by molar-refractivity contribution is 5.96. The number of benzene rings is 2. The summed E-state index contributed by atoms with van der Waals surface area (Å²) >= 11 is 0. The van der Waals surface area contributed by atoms with E-state index in [4.69, 9.17) is 9.90 Å². The smallest absolute Gasteiger partial charge is 0.315 e. The van der Waals surface area contributed by atoms with Crippen LogP contribution in [0.5, 0.6) is 0 Å². The summed E-state index contributed by atoms with van der Waals surface area (Å²) in [7, 11) is 4.03. The predicted molar refractivity (Wildman–Crippen MR) is 119 cm³/mol. The Morgan fingerprint density at radius 3 is 2.38 bits per heavy atom.